The molecule has 118 valence electrons. The minimum absolute atomic E-state index is 0.159. The molecule has 0 amide bonds. The Labute approximate surface area is 141 Å². The maximum absolute atomic E-state index is 12.5. The molecule has 0 aliphatic heterocycles. The fourth-order valence-corrected chi connectivity index (χ4v) is 4.28. The topological polar surface area (TPSA) is 46.2 Å². The van der Waals surface area contributed by atoms with Crippen molar-refractivity contribution >= 4 is 33.2 Å². The Morgan fingerprint density at radius 3 is 2.09 bits per heavy atom. The number of hydrogen-bond donors (Lipinski definition) is 1. The van der Waals surface area contributed by atoms with Gasteiger partial charge in [-0.2, -0.15) is 0 Å². The van der Waals surface area contributed by atoms with Crippen LogP contribution in [-0.4, -0.2) is 8.42 Å². The second kappa shape index (κ2) is 6.59. The average molecular weight is 358 g/mol. The first kappa shape index (κ1) is 17.3. The number of aryl methyl sites for hydroxylation is 3. The summed E-state index contributed by atoms with van der Waals surface area (Å²) in [6.07, 6.45) is 0. The second-order valence-electron chi connectivity index (χ2n) is 5.30. The smallest absolute Gasteiger partial charge is 0.207 e. The van der Waals surface area contributed by atoms with E-state index in [1.54, 1.807) is 32.0 Å². The minimum atomic E-state index is -3.59. The summed E-state index contributed by atoms with van der Waals surface area (Å²) in [7, 11) is -3.59. The zero-order chi connectivity index (χ0) is 16.5. The van der Waals surface area contributed by atoms with Crippen LogP contribution < -0.4 is 4.72 Å². The van der Waals surface area contributed by atoms with E-state index < -0.39 is 10.0 Å². The van der Waals surface area contributed by atoms with Crippen molar-refractivity contribution in [1.82, 2.24) is 4.72 Å². The molecule has 0 aliphatic rings. The largest absolute Gasteiger partial charge is 0.241 e. The molecular weight excluding hydrogens is 341 g/mol. The summed E-state index contributed by atoms with van der Waals surface area (Å²) in [6.45, 7) is 5.70. The number of benzene rings is 2. The van der Waals surface area contributed by atoms with Crippen LogP contribution in [0.5, 0.6) is 0 Å². The molecular formula is C16H17Cl2NO2S. The predicted octanol–water partition coefficient (Wildman–Crippen LogP) is 4.40. The van der Waals surface area contributed by atoms with Gasteiger partial charge in [-0.05, 0) is 49.6 Å². The van der Waals surface area contributed by atoms with E-state index in [0.29, 0.717) is 14.9 Å². The van der Waals surface area contributed by atoms with Crippen molar-refractivity contribution in [2.75, 3.05) is 0 Å². The van der Waals surface area contributed by atoms with Gasteiger partial charge < -0.3 is 0 Å². The van der Waals surface area contributed by atoms with Gasteiger partial charge in [0.1, 0.15) is 0 Å². The van der Waals surface area contributed by atoms with Crippen molar-refractivity contribution in [1.29, 1.82) is 0 Å². The quantitative estimate of drug-likeness (QED) is 0.881. The predicted molar refractivity (Wildman–Crippen MR) is 91.1 cm³/mol. The van der Waals surface area contributed by atoms with Crippen molar-refractivity contribution in [3.8, 4) is 0 Å². The Kier molecular flexibility index (Phi) is 5.17. The summed E-state index contributed by atoms with van der Waals surface area (Å²) in [4.78, 5) is 0.332. The third-order valence-corrected chi connectivity index (χ3v) is 5.77. The molecule has 0 fully saturated rings. The molecule has 0 saturated carbocycles. The van der Waals surface area contributed by atoms with Gasteiger partial charge in [0.2, 0.25) is 10.0 Å². The van der Waals surface area contributed by atoms with Crippen molar-refractivity contribution in [2.45, 2.75) is 32.2 Å². The first-order chi connectivity index (χ1) is 10.2. The molecule has 0 spiro atoms. The molecule has 0 radical (unpaired) electrons. The maximum Gasteiger partial charge on any atom is 0.241 e. The number of hydrogen-bond acceptors (Lipinski definition) is 2. The van der Waals surface area contributed by atoms with Crippen LogP contribution in [0.25, 0.3) is 0 Å². The molecule has 3 nitrogen and oxygen atoms in total. The number of nitrogens with one attached hydrogen (secondary N) is 1. The Morgan fingerprint density at radius 1 is 0.955 bits per heavy atom. The van der Waals surface area contributed by atoms with E-state index in [2.05, 4.69) is 4.72 Å². The average Bonchev–Trinajstić information content (AvgIpc) is 2.38. The molecule has 0 unspecified atom stereocenters. The van der Waals surface area contributed by atoms with Crippen molar-refractivity contribution in [3.63, 3.8) is 0 Å². The van der Waals surface area contributed by atoms with E-state index in [-0.39, 0.29) is 6.54 Å². The third kappa shape index (κ3) is 3.82. The summed E-state index contributed by atoms with van der Waals surface area (Å²) < 4.78 is 27.7. The molecule has 2 rings (SSSR count). The Hall–Kier alpha value is -1.07. The van der Waals surface area contributed by atoms with Gasteiger partial charge in [0.05, 0.1) is 14.9 Å². The first-order valence-corrected chi connectivity index (χ1v) is 8.96. The summed E-state index contributed by atoms with van der Waals surface area (Å²) >= 11 is 11.8. The van der Waals surface area contributed by atoms with Crippen molar-refractivity contribution in [2.24, 2.45) is 0 Å². The van der Waals surface area contributed by atoms with Crippen LogP contribution in [0, 0.1) is 20.8 Å². The minimum Gasteiger partial charge on any atom is -0.207 e. The van der Waals surface area contributed by atoms with Gasteiger partial charge >= 0.3 is 0 Å². The van der Waals surface area contributed by atoms with Gasteiger partial charge in [-0.1, -0.05) is 47.0 Å². The fraction of sp³-hybridized carbons (Fsp3) is 0.250. The van der Waals surface area contributed by atoms with Gasteiger partial charge in [-0.25, -0.2) is 13.1 Å². The van der Waals surface area contributed by atoms with Crippen LogP contribution in [0.4, 0.5) is 0 Å². The lowest BCUT2D eigenvalue weighted by atomic mass is 10.1. The van der Waals surface area contributed by atoms with Crippen LogP contribution >= 0.6 is 23.2 Å². The summed E-state index contributed by atoms with van der Waals surface area (Å²) in [5.74, 6) is 0. The van der Waals surface area contributed by atoms with Crippen molar-refractivity contribution < 1.29 is 8.42 Å². The van der Waals surface area contributed by atoms with Gasteiger partial charge in [0.25, 0.3) is 0 Å². The first-order valence-electron chi connectivity index (χ1n) is 6.72. The highest BCUT2D eigenvalue weighted by atomic mass is 35.5. The zero-order valence-electron chi connectivity index (χ0n) is 12.6. The summed E-state index contributed by atoms with van der Waals surface area (Å²) in [5, 5.41) is 0.847. The van der Waals surface area contributed by atoms with Crippen LogP contribution in [0.2, 0.25) is 10.0 Å². The molecule has 0 aliphatic carbocycles. The van der Waals surface area contributed by atoms with E-state index in [9.17, 15) is 8.42 Å². The molecule has 2 aromatic rings. The molecule has 0 heterocycles. The van der Waals surface area contributed by atoms with Gasteiger partial charge in [-0.3, -0.25) is 0 Å². The van der Waals surface area contributed by atoms with Gasteiger partial charge in [0.15, 0.2) is 0 Å². The molecule has 22 heavy (non-hydrogen) atoms. The van der Waals surface area contributed by atoms with Crippen LogP contribution in [0.1, 0.15) is 22.3 Å². The lowest BCUT2D eigenvalue weighted by molar-refractivity contribution is 0.580. The van der Waals surface area contributed by atoms with E-state index in [1.807, 2.05) is 19.1 Å². The van der Waals surface area contributed by atoms with Gasteiger partial charge in [0, 0.05) is 6.54 Å². The van der Waals surface area contributed by atoms with Crippen LogP contribution in [0.3, 0.4) is 0 Å². The highest BCUT2D eigenvalue weighted by molar-refractivity contribution is 7.89. The summed E-state index contributed by atoms with van der Waals surface area (Å²) in [6, 6.07) is 8.77. The second-order valence-corrected chi connectivity index (χ2v) is 7.82. The third-order valence-electron chi connectivity index (χ3n) is 3.32. The lowest BCUT2D eigenvalue weighted by Gasteiger charge is -2.13. The van der Waals surface area contributed by atoms with Crippen molar-refractivity contribution in [3.05, 3.63) is 62.6 Å². The molecule has 0 atom stereocenters. The Balaban J connectivity index is 2.27. The standard InChI is InChI=1S/C16H17Cl2NO2S/c1-10-6-11(2)16(12(3)7-10)22(20,21)19-9-13-4-5-14(17)15(18)8-13/h4-8,19H,9H2,1-3H3. The number of rotatable bonds is 4. The SMILES string of the molecule is Cc1cc(C)c(S(=O)(=O)NCc2ccc(Cl)c(Cl)c2)c(C)c1. The molecule has 0 saturated heterocycles. The fourth-order valence-electron chi connectivity index (χ4n) is 2.49. The maximum atomic E-state index is 12.5. The zero-order valence-corrected chi connectivity index (χ0v) is 14.9. The molecule has 0 aromatic heterocycles. The highest BCUT2D eigenvalue weighted by Crippen LogP contribution is 2.24. The molecule has 2 aromatic carbocycles. The van der Waals surface area contributed by atoms with E-state index in [0.717, 1.165) is 22.3 Å². The monoisotopic (exact) mass is 357 g/mol. The molecule has 6 heteroatoms. The van der Waals surface area contributed by atoms with Gasteiger partial charge in [-0.15, -0.1) is 0 Å². The number of sulfonamides is 1. The summed E-state index contributed by atoms with van der Waals surface area (Å²) in [5.41, 5.74) is 3.26. The lowest BCUT2D eigenvalue weighted by Crippen LogP contribution is -2.25. The van der Waals surface area contributed by atoms with E-state index in [1.165, 1.54) is 0 Å². The molecule has 1 N–H and O–H groups in total. The van der Waals surface area contributed by atoms with E-state index >= 15 is 0 Å². The normalized spacial score (nSPS) is 11.7. The molecule has 0 bridgehead atoms. The van der Waals surface area contributed by atoms with E-state index in [4.69, 9.17) is 23.2 Å². The number of halogens is 2. The van der Waals surface area contributed by atoms with Crippen LogP contribution in [-0.2, 0) is 16.6 Å². The highest BCUT2D eigenvalue weighted by Gasteiger charge is 2.19. The Bertz CT molecular complexity index is 794. The van der Waals surface area contributed by atoms with Crippen LogP contribution in [0.15, 0.2) is 35.2 Å². The Morgan fingerprint density at radius 2 is 1.55 bits per heavy atom.